The van der Waals surface area contributed by atoms with E-state index in [1.807, 2.05) is 23.9 Å². The zero-order valence-corrected chi connectivity index (χ0v) is 17.2. The largest absolute Gasteiger partial charge is 0.381 e. The molecule has 1 saturated carbocycles. The van der Waals surface area contributed by atoms with Crippen molar-refractivity contribution in [3.8, 4) is 0 Å². The molecule has 2 N–H and O–H groups in total. The van der Waals surface area contributed by atoms with E-state index in [0.29, 0.717) is 12.1 Å². The minimum atomic E-state index is 0.466. The number of aliphatic imine (C=N–C) groups is 1. The lowest BCUT2D eigenvalue weighted by Crippen LogP contribution is -2.14. The van der Waals surface area contributed by atoms with E-state index < -0.39 is 0 Å². The summed E-state index contributed by atoms with van der Waals surface area (Å²) in [5, 5.41) is 6.79. The Morgan fingerprint density at radius 3 is 2.92 bits per heavy atom. The molecule has 2 heterocycles. The Kier molecular flexibility index (Phi) is 5.29. The minimum absolute atomic E-state index is 0.466. The summed E-state index contributed by atoms with van der Waals surface area (Å²) < 4.78 is 1.16. The van der Waals surface area contributed by atoms with Gasteiger partial charge < -0.3 is 10.3 Å². The molecule has 0 amide bonds. The fraction of sp³-hybridized carbons (Fsp3) is 0.500. The Labute approximate surface area is 165 Å². The molecule has 1 aliphatic carbocycles. The predicted octanol–water partition coefficient (Wildman–Crippen LogP) is 5.86. The highest BCUT2D eigenvalue weighted by atomic mass is 127. The summed E-state index contributed by atoms with van der Waals surface area (Å²) in [6, 6.07) is 7.32. The van der Waals surface area contributed by atoms with Crippen molar-refractivity contribution >= 4 is 67.6 Å². The van der Waals surface area contributed by atoms with Crippen LogP contribution in [0, 0.1) is 0 Å². The summed E-state index contributed by atoms with van der Waals surface area (Å²) in [7, 11) is 0. The molecule has 1 aromatic heterocycles. The van der Waals surface area contributed by atoms with Crippen LogP contribution in [0.25, 0.3) is 10.9 Å². The second-order valence-corrected chi connectivity index (χ2v) is 9.13. The van der Waals surface area contributed by atoms with Gasteiger partial charge in [-0.2, -0.15) is 0 Å². The summed E-state index contributed by atoms with van der Waals surface area (Å²) in [6.07, 6.45) is 6.31. The van der Waals surface area contributed by atoms with E-state index in [1.165, 1.54) is 31.1 Å². The molecule has 2 aromatic rings. The maximum absolute atomic E-state index is 6.35. The molecule has 6 heteroatoms. The van der Waals surface area contributed by atoms with Gasteiger partial charge >= 0.3 is 0 Å². The first-order valence-electron chi connectivity index (χ1n) is 8.58. The Morgan fingerprint density at radius 2 is 2.12 bits per heavy atom. The van der Waals surface area contributed by atoms with Crippen molar-refractivity contribution in [2.45, 2.75) is 44.2 Å². The van der Waals surface area contributed by atoms with Crippen molar-refractivity contribution in [2.75, 3.05) is 15.5 Å². The maximum atomic E-state index is 6.35. The fourth-order valence-corrected chi connectivity index (χ4v) is 5.59. The molecule has 1 aromatic carbocycles. The number of anilines is 1. The number of nitrogens with one attached hydrogen (secondary N) is 2. The summed E-state index contributed by atoms with van der Waals surface area (Å²) in [5.41, 5.74) is 3.41. The number of fused-ring (bicyclic) bond motifs is 1. The van der Waals surface area contributed by atoms with Gasteiger partial charge in [0, 0.05) is 26.6 Å². The smallest absolute Gasteiger partial charge is 0.114 e. The number of rotatable bonds is 5. The number of hydrogen-bond donors (Lipinski definition) is 2. The lowest BCUT2D eigenvalue weighted by atomic mass is 10.2. The lowest BCUT2D eigenvalue weighted by molar-refractivity contribution is 0.751. The maximum Gasteiger partial charge on any atom is 0.114 e. The molecule has 128 valence electrons. The number of hydrogen-bond acceptors (Lipinski definition) is 3. The Bertz CT molecular complexity index is 767. The number of H-pyrrole nitrogens is 1. The van der Waals surface area contributed by atoms with Gasteiger partial charge in [-0.25, -0.2) is 0 Å². The van der Waals surface area contributed by atoms with E-state index in [9.17, 15) is 0 Å². The van der Waals surface area contributed by atoms with Crippen LogP contribution in [0.3, 0.4) is 0 Å². The highest BCUT2D eigenvalue weighted by Gasteiger charge is 2.21. The van der Waals surface area contributed by atoms with E-state index in [0.717, 1.165) is 43.6 Å². The van der Waals surface area contributed by atoms with Gasteiger partial charge in [0.05, 0.1) is 22.9 Å². The number of nitrogens with zero attached hydrogens (tertiary/aromatic N) is 1. The van der Waals surface area contributed by atoms with Crippen LogP contribution >= 0.6 is 46.0 Å². The first-order chi connectivity index (χ1) is 11.7. The highest BCUT2D eigenvalue weighted by molar-refractivity contribution is 14.1. The molecule has 1 atom stereocenters. The van der Waals surface area contributed by atoms with Gasteiger partial charge in [0.2, 0.25) is 0 Å². The third kappa shape index (κ3) is 3.58. The second-order valence-electron chi connectivity index (χ2n) is 6.60. The number of aromatic amines is 1. The van der Waals surface area contributed by atoms with Crippen LogP contribution < -0.4 is 5.32 Å². The zero-order chi connectivity index (χ0) is 16.5. The van der Waals surface area contributed by atoms with Crippen LogP contribution in [0.5, 0.6) is 0 Å². The van der Waals surface area contributed by atoms with E-state index in [4.69, 9.17) is 16.6 Å². The normalized spacial score (nSPS) is 21.6. The van der Waals surface area contributed by atoms with Crippen LogP contribution in [0.2, 0.25) is 5.02 Å². The molecular formula is C18H21ClIN3S. The molecule has 0 bridgehead atoms. The average molecular weight is 474 g/mol. The molecule has 24 heavy (non-hydrogen) atoms. The van der Waals surface area contributed by atoms with E-state index in [-0.39, 0.29) is 0 Å². The number of halogens is 2. The molecule has 1 aliphatic heterocycles. The van der Waals surface area contributed by atoms with Gasteiger partial charge in [0.15, 0.2) is 0 Å². The predicted molar refractivity (Wildman–Crippen MR) is 115 cm³/mol. The molecule has 0 saturated heterocycles. The Hall–Kier alpha value is -0.400. The Morgan fingerprint density at radius 1 is 1.29 bits per heavy atom. The summed E-state index contributed by atoms with van der Waals surface area (Å²) in [5.74, 6) is 1.10. The third-order valence-electron chi connectivity index (χ3n) is 4.79. The van der Waals surface area contributed by atoms with Crippen molar-refractivity contribution in [3.63, 3.8) is 0 Å². The van der Waals surface area contributed by atoms with E-state index >= 15 is 0 Å². The second kappa shape index (κ2) is 7.46. The van der Waals surface area contributed by atoms with Crippen LogP contribution in [-0.4, -0.2) is 32.3 Å². The van der Waals surface area contributed by atoms with Crippen molar-refractivity contribution < 1.29 is 0 Å². The SMILES string of the molecule is Clc1cc(NC2CCCC2)c2[nH]c(C3=N[C@H](CCI)CS3)cc2c1. The van der Waals surface area contributed by atoms with Crippen LogP contribution in [0.4, 0.5) is 5.69 Å². The van der Waals surface area contributed by atoms with Gasteiger partial charge in [-0.05, 0) is 37.5 Å². The van der Waals surface area contributed by atoms with Gasteiger partial charge in [-0.1, -0.05) is 47.0 Å². The molecule has 3 nitrogen and oxygen atoms in total. The van der Waals surface area contributed by atoms with Crippen molar-refractivity contribution in [1.29, 1.82) is 0 Å². The minimum Gasteiger partial charge on any atom is -0.381 e. The molecule has 4 rings (SSSR count). The summed E-state index contributed by atoms with van der Waals surface area (Å²) in [6.45, 7) is 0. The number of thioether (sulfide) groups is 1. The molecule has 1 fully saturated rings. The molecule has 0 spiro atoms. The average Bonchev–Trinajstić information content (AvgIpc) is 3.26. The first kappa shape index (κ1) is 17.0. The van der Waals surface area contributed by atoms with Crippen molar-refractivity contribution in [3.05, 3.63) is 28.9 Å². The lowest BCUT2D eigenvalue weighted by Gasteiger charge is -2.14. The molecule has 0 unspecified atom stereocenters. The van der Waals surface area contributed by atoms with Gasteiger partial charge in [-0.15, -0.1) is 11.8 Å². The fourth-order valence-electron chi connectivity index (χ4n) is 3.56. The van der Waals surface area contributed by atoms with E-state index in [1.54, 1.807) is 0 Å². The van der Waals surface area contributed by atoms with Gasteiger partial charge in [0.1, 0.15) is 5.04 Å². The van der Waals surface area contributed by atoms with Crippen molar-refractivity contribution in [1.82, 2.24) is 4.98 Å². The van der Waals surface area contributed by atoms with Gasteiger partial charge in [-0.3, -0.25) is 4.99 Å². The molecule has 0 radical (unpaired) electrons. The first-order valence-corrected chi connectivity index (χ1v) is 11.5. The molecule has 2 aliphatic rings. The highest BCUT2D eigenvalue weighted by Crippen LogP contribution is 2.33. The van der Waals surface area contributed by atoms with Crippen LogP contribution in [0.15, 0.2) is 23.2 Å². The quantitative estimate of drug-likeness (QED) is 0.421. The van der Waals surface area contributed by atoms with Crippen LogP contribution in [-0.2, 0) is 0 Å². The Balaban J connectivity index is 1.66. The summed E-state index contributed by atoms with van der Waals surface area (Å²) >= 11 is 10.6. The molecular weight excluding hydrogens is 453 g/mol. The number of alkyl halides is 1. The topological polar surface area (TPSA) is 40.2 Å². The summed E-state index contributed by atoms with van der Waals surface area (Å²) in [4.78, 5) is 8.48. The standard InChI is InChI=1S/C18H21ClIN3S/c19-12-7-11-8-16(18-22-14(5-6-20)10-24-18)23-17(11)15(9-12)21-13-3-1-2-4-13/h7-9,13-14,21,23H,1-6,10H2/t14-/m1/s1. The number of benzene rings is 1. The third-order valence-corrected chi connectivity index (χ3v) is 6.78. The number of aromatic nitrogens is 1. The van der Waals surface area contributed by atoms with Crippen LogP contribution in [0.1, 0.15) is 37.8 Å². The van der Waals surface area contributed by atoms with E-state index in [2.05, 4.69) is 39.0 Å². The van der Waals surface area contributed by atoms with Crippen molar-refractivity contribution in [2.24, 2.45) is 4.99 Å². The zero-order valence-electron chi connectivity index (χ0n) is 13.4. The van der Waals surface area contributed by atoms with Gasteiger partial charge in [0.25, 0.3) is 0 Å². The monoisotopic (exact) mass is 473 g/mol.